The largest absolute Gasteiger partial charge is 0.460 e. The second kappa shape index (κ2) is 5.45. The minimum atomic E-state index is -0.376. The first-order chi connectivity index (χ1) is 7.49. The molecule has 0 N–H and O–H groups in total. The number of carbonyl (C=O) groups excluding carboxylic acids is 1. The molecule has 1 rings (SSSR count). The first-order valence-corrected chi connectivity index (χ1v) is 5.14. The predicted molar refractivity (Wildman–Crippen MR) is 61.3 cm³/mol. The molecule has 0 spiro atoms. The SMILES string of the molecule is CC(=Cc1cccc(F)c1)C(=O)OC(C)C. The molecule has 0 bridgehead atoms. The molecule has 0 unspecified atom stereocenters. The van der Waals surface area contributed by atoms with Gasteiger partial charge >= 0.3 is 5.97 Å². The highest BCUT2D eigenvalue weighted by Gasteiger charge is 2.07. The van der Waals surface area contributed by atoms with Gasteiger partial charge in [0.15, 0.2) is 0 Å². The molecule has 0 aliphatic heterocycles. The maximum absolute atomic E-state index is 12.9. The molecule has 0 saturated carbocycles. The van der Waals surface area contributed by atoms with Gasteiger partial charge in [0.05, 0.1) is 6.10 Å². The lowest BCUT2D eigenvalue weighted by Gasteiger charge is -2.07. The summed E-state index contributed by atoms with van der Waals surface area (Å²) in [6.45, 7) is 5.22. The molecule has 16 heavy (non-hydrogen) atoms. The van der Waals surface area contributed by atoms with E-state index in [4.69, 9.17) is 4.74 Å². The summed E-state index contributed by atoms with van der Waals surface area (Å²) in [5.74, 6) is -0.696. The van der Waals surface area contributed by atoms with Gasteiger partial charge in [-0.05, 0) is 44.5 Å². The van der Waals surface area contributed by atoms with E-state index in [2.05, 4.69) is 0 Å². The molecular weight excluding hydrogens is 207 g/mol. The van der Waals surface area contributed by atoms with Crippen LogP contribution in [-0.4, -0.2) is 12.1 Å². The maximum Gasteiger partial charge on any atom is 0.333 e. The minimum Gasteiger partial charge on any atom is -0.460 e. The Kier molecular flexibility index (Phi) is 4.23. The Bertz CT molecular complexity index is 408. The normalized spacial score (nSPS) is 11.7. The molecule has 0 heterocycles. The third kappa shape index (κ3) is 3.85. The molecule has 0 aliphatic carbocycles. The van der Waals surface area contributed by atoms with Gasteiger partial charge in [-0.15, -0.1) is 0 Å². The lowest BCUT2D eigenvalue weighted by atomic mass is 10.1. The van der Waals surface area contributed by atoms with Gasteiger partial charge in [0.25, 0.3) is 0 Å². The van der Waals surface area contributed by atoms with Crippen molar-refractivity contribution in [2.45, 2.75) is 26.9 Å². The van der Waals surface area contributed by atoms with E-state index < -0.39 is 0 Å². The Morgan fingerprint density at radius 3 is 2.69 bits per heavy atom. The zero-order valence-corrected chi connectivity index (χ0v) is 9.66. The van der Waals surface area contributed by atoms with Crippen molar-refractivity contribution in [1.82, 2.24) is 0 Å². The third-order valence-corrected chi connectivity index (χ3v) is 1.90. The van der Waals surface area contributed by atoms with E-state index in [9.17, 15) is 9.18 Å². The molecule has 0 amide bonds. The van der Waals surface area contributed by atoms with Gasteiger partial charge in [-0.25, -0.2) is 9.18 Å². The fourth-order valence-corrected chi connectivity index (χ4v) is 1.21. The Balaban J connectivity index is 2.80. The van der Waals surface area contributed by atoms with Gasteiger partial charge in [-0.2, -0.15) is 0 Å². The van der Waals surface area contributed by atoms with Crippen LogP contribution in [0.25, 0.3) is 6.08 Å². The van der Waals surface area contributed by atoms with Crippen LogP contribution in [0.5, 0.6) is 0 Å². The standard InChI is InChI=1S/C13H15FO2/c1-9(2)16-13(15)10(3)7-11-5-4-6-12(14)8-11/h4-9H,1-3H3. The summed E-state index contributed by atoms with van der Waals surface area (Å²) in [6.07, 6.45) is 1.46. The van der Waals surface area contributed by atoms with E-state index >= 15 is 0 Å². The molecule has 2 nitrogen and oxygen atoms in total. The molecule has 0 atom stereocenters. The van der Waals surface area contributed by atoms with Crippen molar-refractivity contribution in [3.05, 3.63) is 41.2 Å². The zero-order valence-electron chi connectivity index (χ0n) is 9.66. The summed E-state index contributed by atoms with van der Waals surface area (Å²) >= 11 is 0. The van der Waals surface area contributed by atoms with E-state index in [1.165, 1.54) is 12.1 Å². The van der Waals surface area contributed by atoms with E-state index in [1.54, 1.807) is 39.0 Å². The van der Waals surface area contributed by atoms with Gasteiger partial charge in [0.1, 0.15) is 5.82 Å². The van der Waals surface area contributed by atoms with Crippen LogP contribution in [0, 0.1) is 5.82 Å². The smallest absolute Gasteiger partial charge is 0.333 e. The van der Waals surface area contributed by atoms with Gasteiger partial charge in [-0.1, -0.05) is 12.1 Å². The summed E-state index contributed by atoms with van der Waals surface area (Å²) < 4.78 is 17.9. The van der Waals surface area contributed by atoms with E-state index in [0.717, 1.165) is 0 Å². The number of rotatable bonds is 3. The van der Waals surface area contributed by atoms with E-state index in [-0.39, 0.29) is 17.9 Å². The first-order valence-electron chi connectivity index (χ1n) is 5.14. The lowest BCUT2D eigenvalue weighted by molar-refractivity contribution is -0.142. The topological polar surface area (TPSA) is 26.3 Å². The maximum atomic E-state index is 12.9. The molecule has 0 radical (unpaired) electrons. The van der Waals surface area contributed by atoms with Crippen LogP contribution in [-0.2, 0) is 9.53 Å². The second-order valence-corrected chi connectivity index (χ2v) is 3.84. The van der Waals surface area contributed by atoms with Crippen molar-refractivity contribution in [3.63, 3.8) is 0 Å². The van der Waals surface area contributed by atoms with Gasteiger partial charge in [0.2, 0.25) is 0 Å². The summed E-state index contributed by atoms with van der Waals surface area (Å²) in [5.41, 5.74) is 1.11. The van der Waals surface area contributed by atoms with E-state index in [0.29, 0.717) is 11.1 Å². The van der Waals surface area contributed by atoms with Crippen LogP contribution in [0.4, 0.5) is 4.39 Å². The second-order valence-electron chi connectivity index (χ2n) is 3.84. The van der Waals surface area contributed by atoms with Crippen LogP contribution in [0.2, 0.25) is 0 Å². The molecule has 86 valence electrons. The van der Waals surface area contributed by atoms with Crippen LogP contribution >= 0.6 is 0 Å². The quantitative estimate of drug-likeness (QED) is 0.580. The number of benzene rings is 1. The summed E-state index contributed by atoms with van der Waals surface area (Å²) in [7, 11) is 0. The van der Waals surface area contributed by atoms with Gasteiger partial charge in [0, 0.05) is 5.57 Å². The number of ether oxygens (including phenoxy) is 1. The summed E-state index contributed by atoms with van der Waals surface area (Å²) in [6, 6.07) is 6.06. The Morgan fingerprint density at radius 1 is 1.44 bits per heavy atom. The highest BCUT2D eigenvalue weighted by atomic mass is 19.1. The summed E-state index contributed by atoms with van der Waals surface area (Å²) in [4.78, 5) is 11.5. The van der Waals surface area contributed by atoms with Crippen LogP contribution in [0.3, 0.4) is 0 Å². The number of hydrogen-bond donors (Lipinski definition) is 0. The monoisotopic (exact) mass is 222 g/mol. The molecule has 0 fully saturated rings. The summed E-state index contributed by atoms with van der Waals surface area (Å²) in [5, 5.41) is 0. The fourth-order valence-electron chi connectivity index (χ4n) is 1.21. The molecule has 1 aromatic carbocycles. The fraction of sp³-hybridized carbons (Fsp3) is 0.308. The number of esters is 1. The Morgan fingerprint density at radius 2 is 2.12 bits per heavy atom. The van der Waals surface area contributed by atoms with Crippen molar-refractivity contribution in [2.75, 3.05) is 0 Å². The highest BCUT2D eigenvalue weighted by molar-refractivity contribution is 5.93. The van der Waals surface area contributed by atoms with Crippen molar-refractivity contribution < 1.29 is 13.9 Å². The molecule has 1 aromatic rings. The Hall–Kier alpha value is -1.64. The molecule has 0 aliphatic rings. The molecule has 0 aromatic heterocycles. The van der Waals surface area contributed by atoms with Crippen molar-refractivity contribution >= 4 is 12.0 Å². The van der Waals surface area contributed by atoms with E-state index in [1.807, 2.05) is 0 Å². The average molecular weight is 222 g/mol. The molecule has 0 saturated heterocycles. The number of halogens is 1. The number of hydrogen-bond acceptors (Lipinski definition) is 2. The highest BCUT2D eigenvalue weighted by Crippen LogP contribution is 2.10. The van der Waals surface area contributed by atoms with Crippen molar-refractivity contribution in [1.29, 1.82) is 0 Å². The minimum absolute atomic E-state index is 0.150. The van der Waals surface area contributed by atoms with Crippen LogP contribution < -0.4 is 0 Å². The van der Waals surface area contributed by atoms with Crippen LogP contribution in [0.1, 0.15) is 26.3 Å². The lowest BCUT2D eigenvalue weighted by Crippen LogP contribution is -2.11. The van der Waals surface area contributed by atoms with Gasteiger partial charge < -0.3 is 4.74 Å². The molecule has 3 heteroatoms. The zero-order chi connectivity index (χ0) is 12.1. The average Bonchev–Trinajstić information content (AvgIpc) is 2.16. The first kappa shape index (κ1) is 12.4. The van der Waals surface area contributed by atoms with Crippen molar-refractivity contribution in [2.24, 2.45) is 0 Å². The third-order valence-electron chi connectivity index (χ3n) is 1.90. The van der Waals surface area contributed by atoms with Crippen LogP contribution in [0.15, 0.2) is 29.8 Å². The van der Waals surface area contributed by atoms with Gasteiger partial charge in [-0.3, -0.25) is 0 Å². The number of carbonyl (C=O) groups is 1. The Labute approximate surface area is 94.7 Å². The molecular formula is C13H15FO2. The predicted octanol–water partition coefficient (Wildman–Crippen LogP) is 3.18. The van der Waals surface area contributed by atoms with Crippen molar-refractivity contribution in [3.8, 4) is 0 Å².